The molecule has 0 radical (unpaired) electrons. The van der Waals surface area contributed by atoms with Crippen molar-refractivity contribution in [2.75, 3.05) is 0 Å². The van der Waals surface area contributed by atoms with Crippen molar-refractivity contribution in [2.24, 2.45) is 17.3 Å². The first-order valence-corrected chi connectivity index (χ1v) is 11.6. The average molecular weight is 468 g/mol. The van der Waals surface area contributed by atoms with Crippen LogP contribution in [0.15, 0.2) is 54.6 Å². The van der Waals surface area contributed by atoms with Crippen molar-refractivity contribution in [1.82, 2.24) is 5.32 Å². The number of nitrogens with one attached hydrogen (secondary N) is 1. The minimum atomic E-state index is -1.15. The van der Waals surface area contributed by atoms with Crippen LogP contribution in [0.2, 0.25) is 0 Å². The number of hydrogen-bond donors (Lipinski definition) is 2. The van der Waals surface area contributed by atoms with E-state index in [9.17, 15) is 19.5 Å². The highest BCUT2D eigenvalue weighted by Crippen LogP contribution is 2.55. The second-order valence-corrected chi connectivity index (χ2v) is 9.81. The second-order valence-electron chi connectivity index (χ2n) is 9.81. The van der Waals surface area contributed by atoms with Gasteiger partial charge in [0.05, 0.1) is 17.3 Å². The Bertz CT molecular complexity index is 1010. The van der Waals surface area contributed by atoms with E-state index in [1.807, 2.05) is 61.5 Å². The molecule has 7 heteroatoms. The lowest BCUT2D eigenvalue weighted by atomic mass is 9.51. The lowest BCUT2D eigenvalue weighted by molar-refractivity contribution is -0.191. The summed E-state index contributed by atoms with van der Waals surface area (Å²) in [5.74, 6) is -2.58. The number of amides is 1. The maximum Gasteiger partial charge on any atom is 0.310 e. The van der Waals surface area contributed by atoms with E-state index in [2.05, 4.69) is 5.32 Å². The van der Waals surface area contributed by atoms with Crippen molar-refractivity contribution >= 4 is 17.8 Å². The summed E-state index contributed by atoms with van der Waals surface area (Å²) in [6, 6.07) is 16.8. The Morgan fingerprint density at radius 1 is 1.03 bits per heavy atom. The number of rotatable bonds is 9. The minimum Gasteiger partial charge on any atom is -0.481 e. The molecule has 1 saturated carbocycles. The van der Waals surface area contributed by atoms with E-state index in [0.29, 0.717) is 18.6 Å². The van der Waals surface area contributed by atoms with Crippen molar-refractivity contribution in [3.8, 4) is 11.5 Å². The summed E-state index contributed by atoms with van der Waals surface area (Å²) in [6.45, 7) is 7.37. The number of benzene rings is 2. The Morgan fingerprint density at radius 2 is 1.65 bits per heavy atom. The Kier molecular flexibility index (Phi) is 7.64. The van der Waals surface area contributed by atoms with Crippen LogP contribution >= 0.6 is 0 Å². The summed E-state index contributed by atoms with van der Waals surface area (Å²) in [6.07, 6.45) is 1.19. The smallest absolute Gasteiger partial charge is 0.310 e. The third-order valence-corrected chi connectivity index (χ3v) is 6.06. The van der Waals surface area contributed by atoms with Crippen LogP contribution in [0.25, 0.3) is 0 Å². The fourth-order valence-electron chi connectivity index (χ4n) is 4.58. The highest BCUT2D eigenvalue weighted by molar-refractivity contribution is 5.95. The van der Waals surface area contributed by atoms with Crippen LogP contribution in [-0.4, -0.2) is 28.6 Å². The lowest BCUT2D eigenvalue weighted by Gasteiger charge is -2.50. The van der Waals surface area contributed by atoms with Crippen LogP contribution in [0.5, 0.6) is 11.5 Å². The van der Waals surface area contributed by atoms with Gasteiger partial charge < -0.3 is 19.9 Å². The fraction of sp³-hybridized carbons (Fsp3) is 0.444. The number of carbonyl (C=O) groups is 3. The number of carbonyl (C=O) groups excluding carboxylic acids is 2. The monoisotopic (exact) mass is 467 g/mol. The van der Waals surface area contributed by atoms with Gasteiger partial charge in [-0.25, -0.2) is 0 Å². The molecule has 0 bridgehead atoms. The van der Waals surface area contributed by atoms with Crippen LogP contribution in [0.4, 0.5) is 0 Å². The highest BCUT2D eigenvalue weighted by Gasteiger charge is 2.64. The van der Waals surface area contributed by atoms with E-state index in [4.69, 9.17) is 9.47 Å². The molecule has 0 heterocycles. The maximum atomic E-state index is 13.2. The molecule has 7 nitrogen and oxygen atoms in total. The molecular formula is C27H33NO6. The van der Waals surface area contributed by atoms with E-state index in [1.165, 1.54) is 0 Å². The molecule has 2 N–H and O–H groups in total. The zero-order chi connectivity index (χ0) is 24.9. The normalized spacial score (nSPS) is 21.8. The molecular weight excluding hydrogens is 434 g/mol. The van der Waals surface area contributed by atoms with E-state index >= 15 is 0 Å². The van der Waals surface area contributed by atoms with Crippen LogP contribution in [0.3, 0.4) is 0 Å². The Hall–Kier alpha value is -3.35. The number of para-hydroxylation sites is 1. The number of carboxylic acid groups (broad SMARTS) is 1. The first-order chi connectivity index (χ1) is 16.1. The van der Waals surface area contributed by atoms with Gasteiger partial charge in [0.2, 0.25) is 5.91 Å². The molecule has 182 valence electrons. The summed E-state index contributed by atoms with van der Waals surface area (Å²) in [5.41, 5.74) is -0.990. The Labute approximate surface area is 200 Å². The average Bonchev–Trinajstić information content (AvgIpc) is 2.74. The van der Waals surface area contributed by atoms with E-state index in [-0.39, 0.29) is 18.9 Å². The fourth-order valence-corrected chi connectivity index (χ4v) is 4.58. The molecule has 0 aromatic heterocycles. The molecule has 1 aliphatic carbocycles. The molecule has 34 heavy (non-hydrogen) atoms. The SMILES string of the molecule is CCCC1(C(=O)NCc2ccc(Oc3ccccc3)cc2)CC(C(=O)OC(C)(C)C)C1C(=O)O. The van der Waals surface area contributed by atoms with Crippen molar-refractivity contribution in [3.63, 3.8) is 0 Å². The number of esters is 1. The van der Waals surface area contributed by atoms with Crippen molar-refractivity contribution in [1.29, 1.82) is 0 Å². The summed E-state index contributed by atoms with van der Waals surface area (Å²) in [5, 5.41) is 12.8. The first kappa shape index (κ1) is 25.3. The third-order valence-electron chi connectivity index (χ3n) is 6.06. The van der Waals surface area contributed by atoms with Crippen LogP contribution in [0.1, 0.15) is 52.5 Å². The second kappa shape index (κ2) is 10.3. The molecule has 2 aromatic carbocycles. The van der Waals surface area contributed by atoms with Crippen molar-refractivity contribution in [2.45, 2.75) is 59.1 Å². The van der Waals surface area contributed by atoms with Crippen LogP contribution in [0, 0.1) is 17.3 Å². The first-order valence-electron chi connectivity index (χ1n) is 11.6. The number of carboxylic acids is 1. The molecule has 1 aliphatic rings. The van der Waals surface area contributed by atoms with Gasteiger partial charge in [-0.15, -0.1) is 0 Å². The molecule has 1 fully saturated rings. The molecule has 1 amide bonds. The standard InChI is InChI=1S/C27H33NO6/c1-5-15-27(16-21(22(27)23(29)30)24(31)34-26(2,3)4)25(32)28-17-18-11-13-20(14-12-18)33-19-9-7-6-8-10-19/h6-14,21-22H,5,15-17H2,1-4H3,(H,28,32)(H,29,30). The molecule has 3 unspecified atom stereocenters. The Morgan fingerprint density at radius 3 is 2.21 bits per heavy atom. The van der Waals surface area contributed by atoms with Gasteiger partial charge in [0, 0.05) is 6.54 Å². The zero-order valence-corrected chi connectivity index (χ0v) is 20.2. The number of hydrogen-bond acceptors (Lipinski definition) is 5. The third kappa shape index (κ3) is 5.76. The van der Waals surface area contributed by atoms with E-state index in [1.54, 1.807) is 20.8 Å². The quantitative estimate of drug-likeness (QED) is 0.506. The van der Waals surface area contributed by atoms with Gasteiger partial charge in [0.1, 0.15) is 17.1 Å². The topological polar surface area (TPSA) is 102 Å². The lowest BCUT2D eigenvalue weighted by Crippen LogP contribution is -2.62. The van der Waals surface area contributed by atoms with Gasteiger partial charge in [0.25, 0.3) is 0 Å². The highest BCUT2D eigenvalue weighted by atomic mass is 16.6. The van der Waals surface area contributed by atoms with E-state index < -0.39 is 34.8 Å². The van der Waals surface area contributed by atoms with Crippen LogP contribution < -0.4 is 10.1 Å². The molecule has 3 rings (SSSR count). The predicted octanol–water partition coefficient (Wildman–Crippen LogP) is 4.94. The predicted molar refractivity (Wildman–Crippen MR) is 127 cm³/mol. The van der Waals surface area contributed by atoms with Gasteiger partial charge in [-0.05, 0) is 63.4 Å². The summed E-state index contributed by atoms with van der Waals surface area (Å²) < 4.78 is 11.2. The number of aliphatic carboxylic acids is 1. The largest absolute Gasteiger partial charge is 0.481 e. The molecule has 3 atom stereocenters. The van der Waals surface area contributed by atoms with Crippen molar-refractivity contribution < 1.29 is 29.0 Å². The minimum absolute atomic E-state index is 0.169. The van der Waals surface area contributed by atoms with Gasteiger partial charge in [-0.2, -0.15) is 0 Å². The van der Waals surface area contributed by atoms with Gasteiger partial charge in [0.15, 0.2) is 0 Å². The molecule has 0 saturated heterocycles. The van der Waals surface area contributed by atoms with Crippen LogP contribution in [-0.2, 0) is 25.7 Å². The van der Waals surface area contributed by atoms with Gasteiger partial charge in [-0.3, -0.25) is 14.4 Å². The molecule has 0 aliphatic heterocycles. The van der Waals surface area contributed by atoms with Crippen molar-refractivity contribution in [3.05, 3.63) is 60.2 Å². The Balaban J connectivity index is 1.66. The molecule has 2 aromatic rings. The van der Waals surface area contributed by atoms with Gasteiger partial charge >= 0.3 is 11.9 Å². The summed E-state index contributed by atoms with van der Waals surface area (Å²) >= 11 is 0. The maximum absolute atomic E-state index is 13.2. The number of ether oxygens (including phenoxy) is 2. The van der Waals surface area contributed by atoms with Gasteiger partial charge in [-0.1, -0.05) is 43.7 Å². The summed E-state index contributed by atoms with van der Waals surface area (Å²) in [7, 11) is 0. The van der Waals surface area contributed by atoms with E-state index in [0.717, 1.165) is 11.3 Å². The molecule has 0 spiro atoms. The zero-order valence-electron chi connectivity index (χ0n) is 20.2. The summed E-state index contributed by atoms with van der Waals surface area (Å²) in [4.78, 5) is 37.9.